The molecule has 3 aliphatic rings. The Morgan fingerprint density at radius 1 is 1.17 bits per heavy atom. The van der Waals surface area contributed by atoms with Crippen molar-refractivity contribution < 1.29 is 22.7 Å². The number of nitrogens with zero attached hydrogens (tertiary/aromatic N) is 4. The standard InChI is InChI=1S/C25H23F3N4O3/c1-14-10-31(13-29-14)19-4-5-20-22(33)30(7-8-32(20)23(19)34)12-24-15(2)18(24)11-35-21-6-3-16(9-17(21)24)25(26,27)28/h3-6,9-10,13,15,18H,7-8,11-12H2,1-2H3/t15-,18-,24-/m0/s1. The number of rotatable bonds is 3. The van der Waals surface area contributed by atoms with Crippen LogP contribution in [0, 0.1) is 18.8 Å². The van der Waals surface area contributed by atoms with E-state index in [0.29, 0.717) is 36.7 Å². The molecule has 3 aromatic rings. The van der Waals surface area contributed by atoms with E-state index in [4.69, 9.17) is 4.74 Å². The Balaban J connectivity index is 1.34. The van der Waals surface area contributed by atoms with Gasteiger partial charge in [-0.05, 0) is 43.2 Å². The first-order valence-corrected chi connectivity index (χ1v) is 11.5. The molecular weight excluding hydrogens is 461 g/mol. The minimum Gasteiger partial charge on any atom is -0.493 e. The average molecular weight is 484 g/mol. The van der Waals surface area contributed by atoms with Gasteiger partial charge >= 0.3 is 6.18 Å². The van der Waals surface area contributed by atoms with E-state index in [1.54, 1.807) is 34.1 Å². The molecule has 0 saturated heterocycles. The number of aryl methyl sites for hydroxylation is 1. The summed E-state index contributed by atoms with van der Waals surface area (Å²) >= 11 is 0. The van der Waals surface area contributed by atoms with Crippen molar-refractivity contribution in [2.24, 2.45) is 11.8 Å². The number of hydrogen-bond acceptors (Lipinski definition) is 4. The first-order chi connectivity index (χ1) is 16.6. The number of carbonyl (C=O) groups excluding carboxylic acids is 1. The summed E-state index contributed by atoms with van der Waals surface area (Å²) in [6.07, 6.45) is -1.17. The fourth-order valence-electron chi connectivity index (χ4n) is 5.86. The summed E-state index contributed by atoms with van der Waals surface area (Å²) in [7, 11) is 0. The fourth-order valence-corrected chi connectivity index (χ4v) is 5.86. The summed E-state index contributed by atoms with van der Waals surface area (Å²) in [4.78, 5) is 32.4. The lowest BCUT2D eigenvalue weighted by Crippen LogP contribution is -2.48. The summed E-state index contributed by atoms with van der Waals surface area (Å²) in [6.45, 7) is 5.12. The van der Waals surface area contributed by atoms with E-state index < -0.39 is 17.2 Å². The largest absolute Gasteiger partial charge is 0.493 e. The minimum absolute atomic E-state index is 0.0299. The van der Waals surface area contributed by atoms with E-state index in [1.807, 2.05) is 13.8 Å². The SMILES string of the molecule is Cc1cn(-c2ccc3n(c2=O)CCN(C[C@]24c5cc(C(F)(F)F)ccc5OC[C@H]2[C@@H]4C)C3=O)cn1. The van der Waals surface area contributed by atoms with Gasteiger partial charge in [-0.15, -0.1) is 0 Å². The number of alkyl halides is 3. The number of fused-ring (bicyclic) bond motifs is 4. The molecule has 1 aliphatic carbocycles. The Kier molecular flexibility index (Phi) is 4.53. The van der Waals surface area contributed by atoms with Crippen molar-refractivity contribution in [3.05, 3.63) is 75.7 Å². The second kappa shape index (κ2) is 7.22. The quantitative estimate of drug-likeness (QED) is 0.572. The van der Waals surface area contributed by atoms with Crippen LogP contribution in [0.4, 0.5) is 13.2 Å². The maximum Gasteiger partial charge on any atom is 0.416 e. The topological polar surface area (TPSA) is 69.4 Å². The van der Waals surface area contributed by atoms with Crippen LogP contribution in [0.15, 0.2) is 47.7 Å². The van der Waals surface area contributed by atoms with Crippen molar-refractivity contribution in [2.45, 2.75) is 32.0 Å². The normalized spacial score (nSPS) is 24.9. The van der Waals surface area contributed by atoms with Crippen LogP contribution in [0.25, 0.3) is 5.69 Å². The average Bonchev–Trinajstić information content (AvgIpc) is 3.15. The summed E-state index contributed by atoms with van der Waals surface area (Å²) < 4.78 is 49.2. The Bertz CT molecular complexity index is 1430. The third-order valence-electron chi connectivity index (χ3n) is 7.89. The number of halogens is 3. The number of aromatic nitrogens is 3. The van der Waals surface area contributed by atoms with E-state index in [2.05, 4.69) is 4.98 Å². The maximum atomic E-state index is 13.5. The van der Waals surface area contributed by atoms with E-state index in [9.17, 15) is 22.8 Å². The predicted molar refractivity (Wildman–Crippen MR) is 120 cm³/mol. The molecule has 10 heteroatoms. The van der Waals surface area contributed by atoms with E-state index in [1.165, 1.54) is 16.7 Å². The Morgan fingerprint density at radius 3 is 2.69 bits per heavy atom. The van der Waals surface area contributed by atoms with Crippen molar-refractivity contribution in [3.63, 3.8) is 0 Å². The third-order valence-corrected chi connectivity index (χ3v) is 7.89. The molecule has 1 fully saturated rings. The van der Waals surface area contributed by atoms with Crippen molar-refractivity contribution in [1.29, 1.82) is 0 Å². The van der Waals surface area contributed by atoms with Crippen LogP contribution in [0.1, 0.15) is 34.2 Å². The molecule has 182 valence electrons. The summed E-state index contributed by atoms with van der Waals surface area (Å²) in [5, 5.41) is 0. The van der Waals surface area contributed by atoms with Crippen molar-refractivity contribution >= 4 is 5.91 Å². The van der Waals surface area contributed by atoms with Crippen molar-refractivity contribution in [3.8, 4) is 11.4 Å². The molecule has 1 amide bonds. The van der Waals surface area contributed by atoms with Gasteiger partial charge < -0.3 is 18.8 Å². The molecule has 0 unspecified atom stereocenters. The second-order valence-corrected chi connectivity index (χ2v) is 9.66. The number of benzene rings is 1. The molecule has 35 heavy (non-hydrogen) atoms. The number of ether oxygens (including phenoxy) is 1. The van der Waals surface area contributed by atoms with Crippen LogP contribution in [0.5, 0.6) is 5.75 Å². The maximum absolute atomic E-state index is 13.5. The molecule has 2 aliphatic heterocycles. The number of amides is 1. The molecule has 1 saturated carbocycles. The van der Waals surface area contributed by atoms with E-state index in [0.717, 1.165) is 11.8 Å². The number of pyridine rings is 1. The van der Waals surface area contributed by atoms with Gasteiger partial charge in [-0.3, -0.25) is 9.59 Å². The lowest BCUT2D eigenvalue weighted by molar-refractivity contribution is -0.137. The Morgan fingerprint density at radius 2 is 1.97 bits per heavy atom. The zero-order chi connectivity index (χ0) is 24.7. The van der Waals surface area contributed by atoms with Gasteiger partial charge in [-0.1, -0.05) is 6.92 Å². The van der Waals surface area contributed by atoms with Gasteiger partial charge in [-0.2, -0.15) is 13.2 Å². The van der Waals surface area contributed by atoms with Crippen molar-refractivity contribution in [2.75, 3.05) is 19.7 Å². The first-order valence-electron chi connectivity index (χ1n) is 11.5. The van der Waals surface area contributed by atoms with Gasteiger partial charge in [0.2, 0.25) is 0 Å². The van der Waals surface area contributed by atoms with Crippen LogP contribution in [-0.2, 0) is 18.1 Å². The van der Waals surface area contributed by atoms with Gasteiger partial charge in [0.05, 0.1) is 24.2 Å². The van der Waals surface area contributed by atoms with Gasteiger partial charge in [0.25, 0.3) is 11.5 Å². The second-order valence-electron chi connectivity index (χ2n) is 9.66. The molecule has 7 nitrogen and oxygen atoms in total. The molecule has 4 heterocycles. The smallest absolute Gasteiger partial charge is 0.416 e. The molecule has 0 spiro atoms. The van der Waals surface area contributed by atoms with Crippen LogP contribution in [-0.4, -0.2) is 44.6 Å². The highest BCUT2D eigenvalue weighted by Gasteiger charge is 2.67. The highest BCUT2D eigenvalue weighted by atomic mass is 19.4. The van der Waals surface area contributed by atoms with Gasteiger partial charge in [0.15, 0.2) is 0 Å². The Hall–Kier alpha value is -3.56. The molecule has 0 bridgehead atoms. The lowest BCUT2D eigenvalue weighted by Gasteiger charge is -2.35. The zero-order valence-corrected chi connectivity index (χ0v) is 19.2. The van der Waals surface area contributed by atoms with Gasteiger partial charge in [-0.25, -0.2) is 4.98 Å². The molecule has 6 rings (SSSR count). The first kappa shape index (κ1) is 21.9. The zero-order valence-electron chi connectivity index (χ0n) is 19.2. The third kappa shape index (κ3) is 3.15. The predicted octanol–water partition coefficient (Wildman–Crippen LogP) is 3.41. The van der Waals surface area contributed by atoms with E-state index in [-0.39, 0.29) is 35.5 Å². The van der Waals surface area contributed by atoms with Crippen molar-refractivity contribution in [1.82, 2.24) is 19.0 Å². The van der Waals surface area contributed by atoms with Crippen LogP contribution in [0.3, 0.4) is 0 Å². The summed E-state index contributed by atoms with van der Waals surface area (Å²) in [6, 6.07) is 6.83. The monoisotopic (exact) mass is 484 g/mol. The Labute approximate surface area is 198 Å². The summed E-state index contributed by atoms with van der Waals surface area (Å²) in [5.41, 5.74) is 0.367. The number of imidazole rings is 1. The van der Waals surface area contributed by atoms with Crippen LogP contribution >= 0.6 is 0 Å². The lowest BCUT2D eigenvalue weighted by atomic mass is 9.87. The fraction of sp³-hybridized carbons (Fsp3) is 0.400. The molecule has 2 aromatic heterocycles. The highest BCUT2D eigenvalue weighted by molar-refractivity contribution is 5.93. The molecule has 1 aromatic carbocycles. The van der Waals surface area contributed by atoms with Crippen LogP contribution in [0.2, 0.25) is 0 Å². The highest BCUT2D eigenvalue weighted by Crippen LogP contribution is 2.64. The number of hydrogen-bond donors (Lipinski definition) is 0. The van der Waals surface area contributed by atoms with Gasteiger partial charge in [0, 0.05) is 42.7 Å². The molecule has 0 N–H and O–H groups in total. The van der Waals surface area contributed by atoms with Crippen LogP contribution < -0.4 is 10.3 Å². The number of carbonyl (C=O) groups is 1. The molecular formula is C25H23F3N4O3. The summed E-state index contributed by atoms with van der Waals surface area (Å²) in [5.74, 6) is 0.243. The van der Waals surface area contributed by atoms with E-state index >= 15 is 0 Å². The molecule has 3 atom stereocenters. The molecule has 0 radical (unpaired) electrons. The van der Waals surface area contributed by atoms with Gasteiger partial charge in [0.1, 0.15) is 17.1 Å². The minimum atomic E-state index is -4.46.